The Hall–Kier alpha value is -5.19. The van der Waals surface area contributed by atoms with E-state index >= 15 is 0 Å². The van der Waals surface area contributed by atoms with Crippen LogP contribution in [-0.2, 0) is 20.8 Å². The lowest BCUT2D eigenvalue weighted by atomic mass is 10.00. The number of carbonyl (C=O) groups excluding carboxylic acids is 4. The van der Waals surface area contributed by atoms with Crippen molar-refractivity contribution >= 4 is 35.3 Å². The predicted molar refractivity (Wildman–Crippen MR) is 172 cm³/mol. The molecule has 3 atom stereocenters. The molecule has 8 N–H and O–H groups in total. The van der Waals surface area contributed by atoms with E-state index in [-0.39, 0.29) is 31.3 Å². The second-order valence-electron chi connectivity index (χ2n) is 10.7. The summed E-state index contributed by atoms with van der Waals surface area (Å²) in [7, 11) is 0. The predicted octanol–water partition coefficient (Wildman–Crippen LogP) is 2.35. The molecule has 0 aliphatic heterocycles. The van der Waals surface area contributed by atoms with Crippen LogP contribution in [-0.4, -0.2) is 54.3 Å². The van der Waals surface area contributed by atoms with Gasteiger partial charge in [0.05, 0.1) is 0 Å². The van der Waals surface area contributed by atoms with Crippen molar-refractivity contribution in [3.8, 4) is 0 Å². The highest BCUT2D eigenvalue weighted by atomic mass is 16.2. The molecule has 0 heterocycles. The largest absolute Gasteiger partial charge is 0.370 e. The van der Waals surface area contributed by atoms with Gasteiger partial charge in [-0.15, -0.1) is 0 Å². The summed E-state index contributed by atoms with van der Waals surface area (Å²) in [5.74, 6) is -2.28. The molecule has 44 heavy (non-hydrogen) atoms. The van der Waals surface area contributed by atoms with E-state index in [0.717, 1.165) is 5.56 Å². The molecule has 0 aliphatic rings. The maximum atomic E-state index is 13.6. The third-order valence-electron chi connectivity index (χ3n) is 6.81. The molecule has 11 heteroatoms. The second kappa shape index (κ2) is 17.1. The fourth-order valence-electron chi connectivity index (χ4n) is 4.46. The molecule has 0 aromatic heterocycles. The quantitative estimate of drug-likeness (QED) is 0.0886. The smallest absolute Gasteiger partial charge is 0.251 e. The first-order chi connectivity index (χ1) is 21.1. The van der Waals surface area contributed by atoms with Gasteiger partial charge in [-0.1, -0.05) is 80.6 Å². The van der Waals surface area contributed by atoms with Gasteiger partial charge in [-0.05, 0) is 48.6 Å². The SMILES string of the molecule is CC(C)[C@H](NC(=O)[C@@H](Cc1ccccc1)NC(=O)c1ccccc1)C(=O)N[C@@H](CCCN=C(N)N)C(=O)Nc1ccccc1. The molecule has 0 radical (unpaired) electrons. The summed E-state index contributed by atoms with van der Waals surface area (Å²) in [5, 5.41) is 11.3. The Bertz CT molecular complexity index is 1400. The molecule has 3 rings (SSSR count). The van der Waals surface area contributed by atoms with E-state index in [9.17, 15) is 19.2 Å². The minimum absolute atomic E-state index is 0.0636. The first-order valence-electron chi connectivity index (χ1n) is 14.6. The number of hydrogen-bond acceptors (Lipinski definition) is 5. The summed E-state index contributed by atoms with van der Waals surface area (Å²) in [4.78, 5) is 57.4. The number of rotatable bonds is 15. The molecule has 0 spiro atoms. The zero-order chi connectivity index (χ0) is 31.9. The van der Waals surface area contributed by atoms with E-state index in [2.05, 4.69) is 26.3 Å². The molecule has 0 unspecified atom stereocenters. The molecule has 11 nitrogen and oxygen atoms in total. The first kappa shape index (κ1) is 33.3. The van der Waals surface area contributed by atoms with Gasteiger partial charge in [0.25, 0.3) is 5.91 Å². The summed E-state index contributed by atoms with van der Waals surface area (Å²) >= 11 is 0. The van der Waals surface area contributed by atoms with Gasteiger partial charge < -0.3 is 32.7 Å². The Morgan fingerprint density at radius 2 is 1.30 bits per heavy atom. The van der Waals surface area contributed by atoms with Crippen LogP contribution in [0.25, 0.3) is 0 Å². The third-order valence-corrected chi connectivity index (χ3v) is 6.81. The Kier molecular flexibility index (Phi) is 12.9. The Morgan fingerprint density at radius 3 is 1.89 bits per heavy atom. The van der Waals surface area contributed by atoms with Crippen molar-refractivity contribution in [1.82, 2.24) is 16.0 Å². The van der Waals surface area contributed by atoms with Crippen molar-refractivity contribution in [2.24, 2.45) is 22.4 Å². The summed E-state index contributed by atoms with van der Waals surface area (Å²) in [6, 6.07) is 23.9. The molecule has 232 valence electrons. The van der Waals surface area contributed by atoms with Gasteiger partial charge in [0, 0.05) is 24.2 Å². The number of guanidine groups is 1. The number of anilines is 1. The van der Waals surface area contributed by atoms with Gasteiger partial charge in [-0.3, -0.25) is 24.2 Å². The summed E-state index contributed by atoms with van der Waals surface area (Å²) in [6.07, 6.45) is 0.892. The van der Waals surface area contributed by atoms with Crippen molar-refractivity contribution in [3.63, 3.8) is 0 Å². The maximum Gasteiger partial charge on any atom is 0.251 e. The van der Waals surface area contributed by atoms with Gasteiger partial charge in [0.2, 0.25) is 17.7 Å². The number of hydrogen-bond donors (Lipinski definition) is 6. The fourth-order valence-corrected chi connectivity index (χ4v) is 4.46. The molecule has 4 amide bonds. The zero-order valence-electron chi connectivity index (χ0n) is 25.0. The molecule has 3 aromatic rings. The second-order valence-corrected chi connectivity index (χ2v) is 10.7. The van der Waals surface area contributed by atoms with Crippen molar-refractivity contribution < 1.29 is 19.2 Å². The highest BCUT2D eigenvalue weighted by Crippen LogP contribution is 2.11. The molecular weight excluding hydrogens is 558 g/mol. The van der Waals surface area contributed by atoms with Crippen LogP contribution in [0.4, 0.5) is 5.69 Å². The Morgan fingerprint density at radius 1 is 0.705 bits per heavy atom. The highest BCUT2D eigenvalue weighted by Gasteiger charge is 2.31. The topological polar surface area (TPSA) is 181 Å². The lowest BCUT2D eigenvalue weighted by Crippen LogP contribution is -2.58. The monoisotopic (exact) mass is 599 g/mol. The molecule has 0 saturated heterocycles. The molecule has 0 fully saturated rings. The number of nitrogens with zero attached hydrogens (tertiary/aromatic N) is 1. The van der Waals surface area contributed by atoms with Crippen molar-refractivity contribution in [2.45, 2.75) is 51.2 Å². The average Bonchev–Trinajstić information content (AvgIpc) is 3.01. The van der Waals surface area contributed by atoms with Gasteiger partial charge in [0.1, 0.15) is 18.1 Å². The van der Waals surface area contributed by atoms with Crippen molar-refractivity contribution in [1.29, 1.82) is 0 Å². The van der Waals surface area contributed by atoms with Crippen molar-refractivity contribution in [3.05, 3.63) is 102 Å². The minimum atomic E-state index is -0.987. The van der Waals surface area contributed by atoms with E-state index in [1.807, 2.05) is 36.4 Å². The molecule has 0 aliphatic carbocycles. The normalized spacial score (nSPS) is 12.7. The van der Waals surface area contributed by atoms with Crippen LogP contribution in [0.3, 0.4) is 0 Å². The maximum absolute atomic E-state index is 13.6. The summed E-state index contributed by atoms with van der Waals surface area (Å²) < 4.78 is 0. The van der Waals surface area contributed by atoms with Crippen LogP contribution in [0.2, 0.25) is 0 Å². The highest BCUT2D eigenvalue weighted by molar-refractivity contribution is 6.00. The van der Waals surface area contributed by atoms with E-state index in [4.69, 9.17) is 11.5 Å². The van der Waals surface area contributed by atoms with Crippen LogP contribution in [0.1, 0.15) is 42.6 Å². The minimum Gasteiger partial charge on any atom is -0.370 e. The first-order valence-corrected chi connectivity index (χ1v) is 14.6. The van der Waals surface area contributed by atoms with E-state index in [1.54, 1.807) is 68.4 Å². The van der Waals surface area contributed by atoms with Crippen LogP contribution in [0, 0.1) is 5.92 Å². The number of amides is 4. The molecule has 0 saturated carbocycles. The zero-order valence-corrected chi connectivity index (χ0v) is 25.0. The number of aliphatic imine (C=N–C) groups is 1. The lowest BCUT2D eigenvalue weighted by Gasteiger charge is -2.27. The number of benzene rings is 3. The summed E-state index contributed by atoms with van der Waals surface area (Å²) in [6.45, 7) is 3.86. The van der Waals surface area contributed by atoms with Crippen LogP contribution in [0.15, 0.2) is 96.0 Å². The molecular formula is C33H41N7O4. The van der Waals surface area contributed by atoms with Crippen LogP contribution >= 0.6 is 0 Å². The van der Waals surface area contributed by atoms with E-state index in [0.29, 0.717) is 17.7 Å². The third kappa shape index (κ3) is 10.9. The fraction of sp³-hybridized carbons (Fsp3) is 0.303. The Labute approximate surface area is 257 Å². The molecule has 0 bridgehead atoms. The van der Waals surface area contributed by atoms with Gasteiger partial charge in [-0.25, -0.2) is 0 Å². The number of para-hydroxylation sites is 1. The van der Waals surface area contributed by atoms with E-state index in [1.165, 1.54) is 0 Å². The summed E-state index contributed by atoms with van der Waals surface area (Å²) in [5.41, 5.74) is 12.7. The van der Waals surface area contributed by atoms with Crippen molar-refractivity contribution in [2.75, 3.05) is 11.9 Å². The number of nitrogens with two attached hydrogens (primary N) is 2. The lowest BCUT2D eigenvalue weighted by molar-refractivity contribution is -0.132. The standard InChI is InChI=1S/C33H41N7O4/c1-22(2)28(32(44)38-26(19-12-20-36-33(34)35)30(42)37-25-17-10-5-11-18-25)40-31(43)27(21-23-13-6-3-7-14-23)39-29(41)24-15-8-4-9-16-24/h3-11,13-18,22,26-28H,12,19-21H2,1-2H3,(H,37,42)(H,38,44)(H,39,41)(H,40,43)(H4,34,35,36)/t26-,27+,28-/m0/s1. The van der Waals surface area contributed by atoms with Gasteiger partial charge in [-0.2, -0.15) is 0 Å². The van der Waals surface area contributed by atoms with Crippen LogP contribution in [0.5, 0.6) is 0 Å². The Balaban J connectivity index is 1.77. The van der Waals surface area contributed by atoms with Gasteiger partial charge in [0.15, 0.2) is 5.96 Å². The molecule has 3 aromatic carbocycles. The van der Waals surface area contributed by atoms with Gasteiger partial charge >= 0.3 is 0 Å². The number of carbonyl (C=O) groups is 4. The number of nitrogens with one attached hydrogen (secondary N) is 4. The average molecular weight is 600 g/mol. The van der Waals surface area contributed by atoms with Crippen LogP contribution < -0.4 is 32.7 Å². The van der Waals surface area contributed by atoms with E-state index < -0.39 is 41.8 Å².